The van der Waals surface area contributed by atoms with Gasteiger partial charge in [-0.15, -0.1) is 0 Å². The van der Waals surface area contributed by atoms with Crippen LogP contribution in [0, 0.1) is 5.41 Å². The minimum Gasteiger partial charge on any atom is -0.481 e. The number of ether oxygens (including phenoxy) is 1. The van der Waals surface area contributed by atoms with Crippen LogP contribution in [0.1, 0.15) is 32.1 Å². The largest absolute Gasteiger partial charge is 0.481 e. The van der Waals surface area contributed by atoms with Crippen molar-refractivity contribution in [2.75, 3.05) is 0 Å². The highest BCUT2D eigenvalue weighted by atomic mass is 16.5. The lowest BCUT2D eigenvalue weighted by Crippen LogP contribution is -2.42. The molecule has 2 heterocycles. The molecule has 1 saturated heterocycles. The molecule has 2 unspecified atom stereocenters. The van der Waals surface area contributed by atoms with Crippen molar-refractivity contribution in [3.05, 3.63) is 12.2 Å². The van der Waals surface area contributed by atoms with Gasteiger partial charge < -0.3 is 9.84 Å². The van der Waals surface area contributed by atoms with Gasteiger partial charge in [0.15, 0.2) is 0 Å². The Morgan fingerprint density at radius 2 is 2.40 bits per heavy atom. The lowest BCUT2D eigenvalue weighted by Gasteiger charge is -2.38. The average Bonchev–Trinajstić information content (AvgIpc) is 2.12. The molecule has 2 aliphatic heterocycles. The maximum Gasteiger partial charge on any atom is 0.313 e. The molecular weight excluding hydrogens is 196 g/mol. The van der Waals surface area contributed by atoms with Crippen molar-refractivity contribution >= 4 is 11.9 Å². The van der Waals surface area contributed by atoms with E-state index in [1.165, 1.54) is 0 Å². The molecule has 1 N–H and O–H groups in total. The van der Waals surface area contributed by atoms with Crippen LogP contribution in [0.3, 0.4) is 0 Å². The van der Waals surface area contributed by atoms with E-state index in [1.54, 1.807) is 0 Å². The summed E-state index contributed by atoms with van der Waals surface area (Å²) < 4.78 is 5.21. The predicted molar refractivity (Wildman–Crippen MR) is 52.2 cm³/mol. The molecule has 0 amide bonds. The molecule has 0 radical (unpaired) electrons. The maximum atomic E-state index is 11.8. The van der Waals surface area contributed by atoms with E-state index in [4.69, 9.17) is 9.84 Å². The fraction of sp³-hybridized carbons (Fsp3) is 0.636. The average molecular weight is 210 g/mol. The highest BCUT2D eigenvalue weighted by molar-refractivity contribution is 5.83. The minimum atomic E-state index is -0.921. The van der Waals surface area contributed by atoms with Crippen LogP contribution in [0.15, 0.2) is 12.2 Å². The molecule has 0 aromatic rings. The van der Waals surface area contributed by atoms with Gasteiger partial charge in [0, 0.05) is 0 Å². The number of esters is 1. The van der Waals surface area contributed by atoms with Gasteiger partial charge >= 0.3 is 11.9 Å². The van der Waals surface area contributed by atoms with Crippen LogP contribution in [-0.2, 0) is 14.3 Å². The summed E-state index contributed by atoms with van der Waals surface area (Å²) in [6.07, 6.45) is 6.36. The highest BCUT2D eigenvalue weighted by Crippen LogP contribution is 2.41. The Morgan fingerprint density at radius 1 is 1.60 bits per heavy atom. The van der Waals surface area contributed by atoms with Crippen LogP contribution in [0.4, 0.5) is 0 Å². The van der Waals surface area contributed by atoms with Crippen LogP contribution in [-0.4, -0.2) is 23.1 Å². The summed E-state index contributed by atoms with van der Waals surface area (Å²) in [4.78, 5) is 22.5. The molecule has 2 atom stereocenters. The molecule has 4 heteroatoms. The van der Waals surface area contributed by atoms with Crippen LogP contribution >= 0.6 is 0 Å². The lowest BCUT2D eigenvalue weighted by atomic mass is 9.73. The van der Waals surface area contributed by atoms with Gasteiger partial charge in [-0.25, -0.2) is 0 Å². The van der Waals surface area contributed by atoms with Crippen molar-refractivity contribution in [3.8, 4) is 0 Å². The summed E-state index contributed by atoms with van der Waals surface area (Å²) in [6, 6.07) is 0. The first kappa shape index (κ1) is 10.2. The zero-order chi connectivity index (χ0) is 10.9. The lowest BCUT2D eigenvalue weighted by molar-refractivity contribution is -0.172. The second-order valence-electron chi connectivity index (χ2n) is 4.30. The number of aliphatic carboxylic acids is 1. The Hall–Kier alpha value is -1.32. The Morgan fingerprint density at radius 3 is 3.07 bits per heavy atom. The number of carbonyl (C=O) groups is 2. The number of hydrogen-bond acceptors (Lipinski definition) is 3. The molecule has 82 valence electrons. The maximum absolute atomic E-state index is 11.8. The number of fused-ring (bicyclic) bond motifs is 4. The number of rotatable bonds is 2. The molecule has 1 fully saturated rings. The molecule has 0 spiro atoms. The third kappa shape index (κ3) is 1.89. The summed E-state index contributed by atoms with van der Waals surface area (Å²) in [5.74, 6) is -1.25. The molecule has 0 aromatic carbocycles. The van der Waals surface area contributed by atoms with Gasteiger partial charge in [-0.1, -0.05) is 6.08 Å². The van der Waals surface area contributed by atoms with Crippen molar-refractivity contribution in [3.63, 3.8) is 0 Å². The SMILES string of the molecule is O=C(O)CC12CC/C=C\C(CC1)OC2=O. The number of carbonyl (C=O) groups excluding carboxylic acids is 1. The molecule has 0 saturated carbocycles. The third-order valence-electron chi connectivity index (χ3n) is 3.23. The van der Waals surface area contributed by atoms with Gasteiger partial charge in [0.05, 0.1) is 11.8 Å². The Bertz CT molecular complexity index is 321. The fourth-order valence-corrected chi connectivity index (χ4v) is 2.35. The van der Waals surface area contributed by atoms with E-state index >= 15 is 0 Å². The first-order valence-electron chi connectivity index (χ1n) is 5.22. The van der Waals surface area contributed by atoms with Crippen molar-refractivity contribution in [2.45, 2.75) is 38.2 Å². The van der Waals surface area contributed by atoms with Crippen molar-refractivity contribution in [1.82, 2.24) is 0 Å². The van der Waals surface area contributed by atoms with Crippen molar-refractivity contribution < 1.29 is 19.4 Å². The second kappa shape index (κ2) is 3.68. The van der Waals surface area contributed by atoms with E-state index in [0.717, 1.165) is 12.8 Å². The Balaban J connectivity index is 2.24. The van der Waals surface area contributed by atoms with Gasteiger partial charge in [0.1, 0.15) is 6.10 Å². The monoisotopic (exact) mass is 210 g/mol. The summed E-state index contributed by atoms with van der Waals surface area (Å²) >= 11 is 0. The first-order chi connectivity index (χ1) is 7.12. The van der Waals surface area contributed by atoms with E-state index in [9.17, 15) is 9.59 Å². The first-order valence-corrected chi connectivity index (χ1v) is 5.22. The number of allylic oxidation sites excluding steroid dienone is 1. The van der Waals surface area contributed by atoms with Gasteiger partial charge in [-0.3, -0.25) is 9.59 Å². The van der Waals surface area contributed by atoms with Crippen LogP contribution in [0.25, 0.3) is 0 Å². The topological polar surface area (TPSA) is 63.6 Å². The van der Waals surface area contributed by atoms with Crippen LogP contribution < -0.4 is 0 Å². The van der Waals surface area contributed by atoms with Gasteiger partial charge in [0.2, 0.25) is 0 Å². The van der Waals surface area contributed by atoms with Gasteiger partial charge in [-0.05, 0) is 31.8 Å². The highest BCUT2D eigenvalue weighted by Gasteiger charge is 2.46. The molecule has 3 aliphatic rings. The van der Waals surface area contributed by atoms with E-state index in [1.807, 2.05) is 12.2 Å². The van der Waals surface area contributed by atoms with Crippen molar-refractivity contribution in [1.29, 1.82) is 0 Å². The summed E-state index contributed by atoms with van der Waals surface area (Å²) in [6.45, 7) is 0. The molecule has 0 aromatic heterocycles. The number of hydrogen-bond donors (Lipinski definition) is 1. The van der Waals surface area contributed by atoms with E-state index < -0.39 is 11.4 Å². The second-order valence-corrected chi connectivity index (χ2v) is 4.30. The van der Waals surface area contributed by atoms with E-state index in [0.29, 0.717) is 12.8 Å². The van der Waals surface area contributed by atoms with E-state index in [2.05, 4.69) is 0 Å². The predicted octanol–water partition coefficient (Wildman–Crippen LogP) is 1.50. The van der Waals surface area contributed by atoms with Crippen LogP contribution in [0.5, 0.6) is 0 Å². The third-order valence-corrected chi connectivity index (χ3v) is 3.23. The standard InChI is InChI=1S/C11H14O4/c12-9(13)7-11-5-2-1-3-8(4-6-11)15-10(11)14/h1,3,8H,2,4-7H2,(H,12,13)/b3-1-. The van der Waals surface area contributed by atoms with Gasteiger partial charge in [-0.2, -0.15) is 0 Å². The Labute approximate surface area is 87.9 Å². The molecular formula is C11H14O4. The number of carboxylic acids is 1. The minimum absolute atomic E-state index is 0.105. The zero-order valence-corrected chi connectivity index (χ0v) is 8.44. The quantitative estimate of drug-likeness (QED) is 0.554. The smallest absolute Gasteiger partial charge is 0.313 e. The fourth-order valence-electron chi connectivity index (χ4n) is 2.35. The molecule has 15 heavy (non-hydrogen) atoms. The van der Waals surface area contributed by atoms with E-state index in [-0.39, 0.29) is 18.5 Å². The van der Waals surface area contributed by atoms with Crippen LogP contribution in [0.2, 0.25) is 0 Å². The molecule has 4 nitrogen and oxygen atoms in total. The summed E-state index contributed by atoms with van der Waals surface area (Å²) in [7, 11) is 0. The zero-order valence-electron chi connectivity index (χ0n) is 8.44. The summed E-state index contributed by atoms with van der Waals surface area (Å²) in [5.41, 5.74) is -0.771. The number of carboxylic acid groups (broad SMARTS) is 1. The molecule has 1 aliphatic carbocycles. The Kier molecular flexibility index (Phi) is 2.50. The summed E-state index contributed by atoms with van der Waals surface area (Å²) in [5, 5.41) is 8.83. The normalized spacial score (nSPS) is 36.5. The molecule has 2 bridgehead atoms. The van der Waals surface area contributed by atoms with Crippen molar-refractivity contribution in [2.24, 2.45) is 5.41 Å². The van der Waals surface area contributed by atoms with Gasteiger partial charge in [0.25, 0.3) is 0 Å². The molecule has 3 rings (SSSR count).